The Bertz CT molecular complexity index is 481. The highest BCUT2D eigenvalue weighted by molar-refractivity contribution is 5.93. The third-order valence-corrected chi connectivity index (χ3v) is 3.65. The molecule has 0 aromatic heterocycles. The summed E-state index contributed by atoms with van der Waals surface area (Å²) < 4.78 is 5.17. The smallest absolute Gasteiger partial charge is 0.414 e. The van der Waals surface area contributed by atoms with Crippen molar-refractivity contribution in [3.05, 3.63) is 42.0 Å². The summed E-state index contributed by atoms with van der Waals surface area (Å²) in [6.07, 6.45) is 1.29. The first-order valence-corrected chi connectivity index (χ1v) is 6.24. The van der Waals surface area contributed by atoms with Crippen LogP contribution in [0, 0.1) is 6.92 Å². The fraction of sp³-hybridized carbons (Fsp3) is 0.400. The van der Waals surface area contributed by atoms with Crippen molar-refractivity contribution in [3.8, 4) is 0 Å². The molecule has 1 aromatic rings. The zero-order chi connectivity index (χ0) is 13.3. The number of hydrogen-bond acceptors (Lipinski definition) is 2. The van der Waals surface area contributed by atoms with Crippen LogP contribution in [0.3, 0.4) is 0 Å². The van der Waals surface area contributed by atoms with Crippen molar-refractivity contribution < 1.29 is 9.53 Å². The van der Waals surface area contributed by atoms with Crippen LogP contribution in [0.4, 0.5) is 10.5 Å². The predicted octanol–water partition coefficient (Wildman–Crippen LogP) is 3.63. The lowest BCUT2D eigenvalue weighted by atomic mass is 9.97. The average molecular weight is 245 g/mol. The van der Waals surface area contributed by atoms with Crippen molar-refractivity contribution in [2.24, 2.45) is 0 Å². The molecule has 0 unspecified atom stereocenters. The van der Waals surface area contributed by atoms with Gasteiger partial charge in [-0.25, -0.2) is 4.79 Å². The van der Waals surface area contributed by atoms with E-state index >= 15 is 0 Å². The number of benzene rings is 1. The van der Waals surface area contributed by atoms with Crippen molar-refractivity contribution in [2.75, 3.05) is 11.5 Å². The van der Waals surface area contributed by atoms with Gasteiger partial charge in [0.2, 0.25) is 0 Å². The van der Waals surface area contributed by atoms with Gasteiger partial charge >= 0.3 is 6.09 Å². The number of fused-ring (bicyclic) bond motifs is 1. The average Bonchev–Trinajstić information content (AvgIpc) is 2.61. The van der Waals surface area contributed by atoms with Gasteiger partial charge in [0.25, 0.3) is 0 Å². The van der Waals surface area contributed by atoms with Crippen LogP contribution >= 0.6 is 0 Å². The second kappa shape index (κ2) is 4.84. The SMILES string of the molecule is C=CCOC(=O)N1c2c(C)cccc2[C@@H](C)[C@H]1C. The molecule has 3 nitrogen and oxygen atoms in total. The molecule has 1 aromatic carbocycles. The minimum absolute atomic E-state index is 0.124. The molecule has 1 amide bonds. The Morgan fingerprint density at radius 1 is 1.50 bits per heavy atom. The third kappa shape index (κ3) is 1.90. The lowest BCUT2D eigenvalue weighted by Gasteiger charge is -2.24. The summed E-state index contributed by atoms with van der Waals surface area (Å²) in [5.74, 6) is 0.330. The summed E-state index contributed by atoms with van der Waals surface area (Å²) in [6.45, 7) is 10.0. The number of rotatable bonds is 2. The number of para-hydroxylation sites is 1. The molecule has 0 spiro atoms. The Labute approximate surface area is 108 Å². The van der Waals surface area contributed by atoms with E-state index in [4.69, 9.17) is 4.74 Å². The maximum absolute atomic E-state index is 12.1. The van der Waals surface area contributed by atoms with Gasteiger partial charge in [0, 0.05) is 12.0 Å². The van der Waals surface area contributed by atoms with Crippen molar-refractivity contribution >= 4 is 11.8 Å². The molecule has 0 bridgehead atoms. The summed E-state index contributed by atoms with van der Waals surface area (Å²) in [4.78, 5) is 13.9. The van der Waals surface area contributed by atoms with E-state index < -0.39 is 0 Å². The van der Waals surface area contributed by atoms with E-state index in [0.717, 1.165) is 11.3 Å². The van der Waals surface area contributed by atoms with Gasteiger partial charge < -0.3 is 4.74 Å². The number of amides is 1. The summed E-state index contributed by atoms with van der Waals surface area (Å²) in [6, 6.07) is 6.27. The van der Waals surface area contributed by atoms with Crippen LogP contribution in [0.5, 0.6) is 0 Å². The zero-order valence-corrected chi connectivity index (χ0v) is 11.1. The first kappa shape index (κ1) is 12.7. The van der Waals surface area contributed by atoms with Gasteiger partial charge in [-0.3, -0.25) is 4.90 Å². The third-order valence-electron chi connectivity index (χ3n) is 3.65. The van der Waals surface area contributed by atoms with Crippen LogP contribution in [0.25, 0.3) is 0 Å². The molecule has 1 heterocycles. The number of anilines is 1. The van der Waals surface area contributed by atoms with Crippen LogP contribution in [-0.2, 0) is 4.74 Å². The molecule has 2 rings (SSSR count). The Balaban J connectivity index is 2.38. The van der Waals surface area contributed by atoms with E-state index in [1.165, 1.54) is 5.56 Å². The van der Waals surface area contributed by atoms with Crippen molar-refractivity contribution in [1.82, 2.24) is 0 Å². The maximum Gasteiger partial charge on any atom is 0.414 e. The topological polar surface area (TPSA) is 29.5 Å². The van der Waals surface area contributed by atoms with E-state index in [0.29, 0.717) is 5.92 Å². The Kier molecular flexibility index (Phi) is 3.41. The minimum atomic E-state index is -0.290. The molecule has 96 valence electrons. The molecule has 1 aliphatic rings. The van der Waals surface area contributed by atoms with Crippen molar-refractivity contribution in [2.45, 2.75) is 32.7 Å². The van der Waals surface area contributed by atoms with Gasteiger partial charge in [-0.05, 0) is 25.0 Å². The number of ether oxygens (including phenoxy) is 1. The van der Waals surface area contributed by atoms with Crippen LogP contribution in [0.1, 0.15) is 30.9 Å². The van der Waals surface area contributed by atoms with E-state index in [1.807, 2.05) is 19.1 Å². The highest BCUT2D eigenvalue weighted by atomic mass is 16.6. The quantitative estimate of drug-likeness (QED) is 0.745. The van der Waals surface area contributed by atoms with Crippen LogP contribution < -0.4 is 4.90 Å². The molecular weight excluding hydrogens is 226 g/mol. The molecular formula is C15H19NO2. The van der Waals surface area contributed by atoms with Gasteiger partial charge in [-0.1, -0.05) is 37.8 Å². The van der Waals surface area contributed by atoms with Gasteiger partial charge in [-0.2, -0.15) is 0 Å². The van der Waals surface area contributed by atoms with E-state index in [-0.39, 0.29) is 18.7 Å². The van der Waals surface area contributed by atoms with Crippen LogP contribution in [0.15, 0.2) is 30.9 Å². The van der Waals surface area contributed by atoms with Crippen molar-refractivity contribution in [1.29, 1.82) is 0 Å². The fourth-order valence-corrected chi connectivity index (χ4v) is 2.52. The minimum Gasteiger partial charge on any atom is -0.445 e. The zero-order valence-electron chi connectivity index (χ0n) is 11.1. The highest BCUT2D eigenvalue weighted by Gasteiger charge is 2.38. The molecule has 3 heteroatoms. The Hall–Kier alpha value is -1.77. The molecule has 18 heavy (non-hydrogen) atoms. The summed E-state index contributed by atoms with van der Waals surface area (Å²) >= 11 is 0. The first-order valence-electron chi connectivity index (χ1n) is 6.24. The molecule has 2 atom stereocenters. The lowest BCUT2D eigenvalue weighted by Crippen LogP contribution is -2.37. The molecule has 1 aliphatic heterocycles. The van der Waals surface area contributed by atoms with Crippen LogP contribution in [-0.4, -0.2) is 18.7 Å². The lowest BCUT2D eigenvalue weighted by molar-refractivity contribution is 0.164. The molecule has 0 saturated carbocycles. The fourth-order valence-electron chi connectivity index (χ4n) is 2.52. The molecule has 0 saturated heterocycles. The van der Waals surface area contributed by atoms with Gasteiger partial charge in [0.15, 0.2) is 0 Å². The van der Waals surface area contributed by atoms with Gasteiger partial charge in [-0.15, -0.1) is 0 Å². The first-order chi connectivity index (χ1) is 8.57. The Morgan fingerprint density at radius 3 is 2.89 bits per heavy atom. The maximum atomic E-state index is 12.1. The summed E-state index contributed by atoms with van der Waals surface area (Å²) in [7, 11) is 0. The number of aryl methyl sites for hydroxylation is 1. The van der Waals surface area contributed by atoms with E-state index in [9.17, 15) is 4.79 Å². The predicted molar refractivity (Wildman–Crippen MR) is 73.1 cm³/mol. The van der Waals surface area contributed by atoms with Gasteiger partial charge in [0.05, 0.1) is 5.69 Å². The number of carbonyl (C=O) groups excluding carboxylic acids is 1. The largest absolute Gasteiger partial charge is 0.445 e. The van der Waals surface area contributed by atoms with E-state index in [2.05, 4.69) is 26.5 Å². The van der Waals surface area contributed by atoms with Gasteiger partial charge in [0.1, 0.15) is 6.61 Å². The number of hydrogen-bond donors (Lipinski definition) is 0. The highest BCUT2D eigenvalue weighted by Crippen LogP contribution is 2.42. The Morgan fingerprint density at radius 2 is 2.22 bits per heavy atom. The second-order valence-corrected chi connectivity index (χ2v) is 4.78. The monoisotopic (exact) mass is 245 g/mol. The van der Waals surface area contributed by atoms with Crippen molar-refractivity contribution in [3.63, 3.8) is 0 Å². The number of carbonyl (C=O) groups is 1. The molecule has 0 radical (unpaired) electrons. The normalized spacial score (nSPS) is 21.6. The van der Waals surface area contributed by atoms with Crippen LogP contribution in [0.2, 0.25) is 0 Å². The molecule has 0 N–H and O–H groups in total. The van der Waals surface area contributed by atoms with E-state index in [1.54, 1.807) is 11.0 Å². The second-order valence-electron chi connectivity index (χ2n) is 4.78. The summed E-state index contributed by atoms with van der Waals surface area (Å²) in [5.41, 5.74) is 3.34. The molecule has 0 aliphatic carbocycles. The molecule has 0 fully saturated rings. The standard InChI is InChI=1S/C15H19NO2/c1-5-9-18-15(17)16-12(4)11(3)13-8-6-7-10(2)14(13)16/h5-8,11-12H,1,9H2,2-4H3/t11-,12+/m0/s1. The number of nitrogens with zero attached hydrogens (tertiary/aromatic N) is 1. The summed E-state index contributed by atoms with van der Waals surface area (Å²) in [5, 5.41) is 0.